The average Bonchev–Trinajstić information content (AvgIpc) is 2.05. The summed E-state index contributed by atoms with van der Waals surface area (Å²) in [5.41, 5.74) is 0.393. The van der Waals surface area contributed by atoms with E-state index in [4.69, 9.17) is 16.7 Å². The lowest BCUT2D eigenvalue weighted by Gasteiger charge is -1.96. The van der Waals surface area contributed by atoms with Gasteiger partial charge in [0.2, 0.25) is 0 Å². The first kappa shape index (κ1) is 8.81. The third kappa shape index (κ3) is 1.86. The van der Waals surface area contributed by atoms with Gasteiger partial charge in [-0.15, -0.1) is 0 Å². The Kier molecular flexibility index (Phi) is 2.88. The highest BCUT2D eigenvalue weighted by Gasteiger charge is 2.04. The molecule has 1 rings (SSSR count). The number of allylic oxidation sites excluding steroid dienone is 1. The Bertz CT molecular complexity index is 318. The van der Waals surface area contributed by atoms with Gasteiger partial charge >= 0.3 is 0 Å². The van der Waals surface area contributed by atoms with Crippen LogP contribution in [0.2, 0.25) is 5.02 Å². The molecule has 0 unspecified atom stereocenters. The summed E-state index contributed by atoms with van der Waals surface area (Å²) in [7, 11) is 0. The summed E-state index contributed by atoms with van der Waals surface area (Å²) in [5.74, 6) is -0.303. The predicted molar refractivity (Wildman–Crippen MR) is 47.6 cm³/mol. The molecule has 2 nitrogen and oxygen atoms in total. The Hall–Kier alpha value is -1.28. The van der Waals surface area contributed by atoms with Gasteiger partial charge in [0.25, 0.3) is 0 Å². The molecule has 0 atom stereocenters. The van der Waals surface area contributed by atoms with Gasteiger partial charge in [-0.25, -0.2) is 0 Å². The van der Waals surface area contributed by atoms with Crippen LogP contribution in [-0.2, 0) is 0 Å². The van der Waals surface area contributed by atoms with E-state index in [1.807, 2.05) is 0 Å². The van der Waals surface area contributed by atoms with Crippen molar-refractivity contribution in [1.82, 2.24) is 0 Å². The first-order valence-corrected chi connectivity index (χ1v) is 3.73. The molecule has 0 fully saturated rings. The van der Waals surface area contributed by atoms with Crippen LogP contribution in [0.4, 0.5) is 0 Å². The molecule has 1 N–H and O–H groups in total. The van der Waals surface area contributed by atoms with Gasteiger partial charge in [-0.05, 0) is 12.1 Å². The first-order chi connectivity index (χ1) is 5.75. The van der Waals surface area contributed by atoms with Crippen LogP contribution >= 0.6 is 11.6 Å². The van der Waals surface area contributed by atoms with Crippen molar-refractivity contribution in [1.29, 1.82) is 0 Å². The standard InChI is InChI=1S/C9H7ClO2/c10-8-4-2-1-3-7(8)9(12)5-6-11/h1-6,11H/b6-5+. The quantitative estimate of drug-likeness (QED) is 0.434. The fourth-order valence-corrected chi connectivity index (χ4v) is 1.05. The van der Waals surface area contributed by atoms with Crippen molar-refractivity contribution in [3.8, 4) is 0 Å². The topological polar surface area (TPSA) is 37.3 Å². The molecule has 0 heterocycles. The van der Waals surface area contributed by atoms with Gasteiger partial charge in [-0.3, -0.25) is 4.79 Å². The molecule has 0 bridgehead atoms. The number of rotatable bonds is 2. The van der Waals surface area contributed by atoms with Crippen molar-refractivity contribution in [2.75, 3.05) is 0 Å². The number of hydrogen-bond acceptors (Lipinski definition) is 2. The van der Waals surface area contributed by atoms with Crippen LogP contribution in [-0.4, -0.2) is 10.9 Å². The fraction of sp³-hybridized carbons (Fsp3) is 0. The monoisotopic (exact) mass is 182 g/mol. The molecule has 0 radical (unpaired) electrons. The minimum absolute atomic E-state index is 0.303. The molecule has 1 aromatic rings. The second kappa shape index (κ2) is 3.93. The lowest BCUT2D eigenvalue weighted by molar-refractivity contribution is 0.104. The van der Waals surface area contributed by atoms with E-state index in [1.165, 1.54) is 0 Å². The minimum atomic E-state index is -0.303. The largest absolute Gasteiger partial charge is 0.515 e. The average molecular weight is 183 g/mol. The molecule has 0 saturated carbocycles. The lowest BCUT2D eigenvalue weighted by atomic mass is 10.1. The number of ketones is 1. The number of carbonyl (C=O) groups is 1. The van der Waals surface area contributed by atoms with Crippen molar-refractivity contribution >= 4 is 17.4 Å². The molecule has 0 saturated heterocycles. The number of aliphatic hydroxyl groups excluding tert-OH is 1. The van der Waals surface area contributed by atoms with E-state index in [0.717, 1.165) is 6.08 Å². The van der Waals surface area contributed by atoms with Crippen LogP contribution in [0.3, 0.4) is 0 Å². The number of halogens is 1. The zero-order valence-electron chi connectivity index (χ0n) is 6.20. The normalized spacial score (nSPS) is 10.4. The maximum absolute atomic E-state index is 11.1. The Labute approximate surface area is 75.1 Å². The molecule has 12 heavy (non-hydrogen) atoms. The maximum Gasteiger partial charge on any atom is 0.190 e. The molecular weight excluding hydrogens is 176 g/mol. The van der Waals surface area contributed by atoms with Crippen molar-refractivity contribution < 1.29 is 9.90 Å². The molecule has 0 aliphatic carbocycles. The van der Waals surface area contributed by atoms with E-state index in [1.54, 1.807) is 24.3 Å². The van der Waals surface area contributed by atoms with E-state index in [0.29, 0.717) is 16.8 Å². The zero-order valence-corrected chi connectivity index (χ0v) is 6.95. The van der Waals surface area contributed by atoms with E-state index in [9.17, 15) is 4.79 Å². The highest BCUT2D eigenvalue weighted by molar-refractivity contribution is 6.34. The van der Waals surface area contributed by atoms with Gasteiger partial charge in [-0.1, -0.05) is 23.7 Å². The first-order valence-electron chi connectivity index (χ1n) is 3.35. The summed E-state index contributed by atoms with van der Waals surface area (Å²) in [6, 6.07) is 6.68. The second-order valence-electron chi connectivity index (χ2n) is 2.16. The van der Waals surface area contributed by atoms with Crippen LogP contribution in [0.15, 0.2) is 36.6 Å². The highest BCUT2D eigenvalue weighted by atomic mass is 35.5. The molecule has 1 aromatic carbocycles. The summed E-state index contributed by atoms with van der Waals surface area (Å²) in [5, 5.41) is 8.73. The predicted octanol–water partition coefficient (Wildman–Crippen LogP) is 2.59. The van der Waals surface area contributed by atoms with E-state index in [-0.39, 0.29) is 5.78 Å². The van der Waals surface area contributed by atoms with Gasteiger partial charge in [0.15, 0.2) is 5.78 Å². The Morgan fingerprint density at radius 2 is 2.08 bits per heavy atom. The Morgan fingerprint density at radius 3 is 2.67 bits per heavy atom. The maximum atomic E-state index is 11.1. The zero-order chi connectivity index (χ0) is 8.97. The van der Waals surface area contributed by atoms with Gasteiger partial charge in [-0.2, -0.15) is 0 Å². The van der Waals surface area contributed by atoms with Gasteiger partial charge in [0.05, 0.1) is 11.3 Å². The summed E-state index contributed by atoms with van der Waals surface area (Å²) in [4.78, 5) is 11.1. The van der Waals surface area contributed by atoms with Gasteiger partial charge < -0.3 is 5.11 Å². The summed E-state index contributed by atoms with van der Waals surface area (Å²) in [6.45, 7) is 0. The third-order valence-corrected chi connectivity index (χ3v) is 1.69. The van der Waals surface area contributed by atoms with Crippen LogP contribution in [0.5, 0.6) is 0 Å². The number of benzene rings is 1. The van der Waals surface area contributed by atoms with Crippen LogP contribution in [0, 0.1) is 0 Å². The van der Waals surface area contributed by atoms with Gasteiger partial charge in [0.1, 0.15) is 0 Å². The summed E-state index contributed by atoms with van der Waals surface area (Å²) < 4.78 is 0. The van der Waals surface area contributed by atoms with Crippen molar-refractivity contribution in [3.05, 3.63) is 47.2 Å². The van der Waals surface area contributed by atoms with E-state index < -0.39 is 0 Å². The van der Waals surface area contributed by atoms with E-state index >= 15 is 0 Å². The van der Waals surface area contributed by atoms with Gasteiger partial charge in [0, 0.05) is 11.6 Å². The van der Waals surface area contributed by atoms with Crippen molar-refractivity contribution in [2.45, 2.75) is 0 Å². The SMILES string of the molecule is O=C(/C=C/O)c1ccccc1Cl. The highest BCUT2D eigenvalue weighted by Crippen LogP contribution is 2.15. The molecule has 62 valence electrons. The van der Waals surface area contributed by atoms with Crippen molar-refractivity contribution in [3.63, 3.8) is 0 Å². The molecule has 3 heteroatoms. The third-order valence-electron chi connectivity index (χ3n) is 1.37. The van der Waals surface area contributed by atoms with Crippen molar-refractivity contribution in [2.24, 2.45) is 0 Å². The molecule has 0 aliphatic heterocycles. The number of carbonyl (C=O) groups excluding carboxylic acids is 1. The summed E-state index contributed by atoms with van der Waals surface area (Å²) in [6.07, 6.45) is 1.76. The molecule has 0 amide bonds. The van der Waals surface area contributed by atoms with E-state index in [2.05, 4.69) is 0 Å². The molecule has 0 spiro atoms. The van der Waals surface area contributed by atoms with Crippen LogP contribution in [0.25, 0.3) is 0 Å². The minimum Gasteiger partial charge on any atom is -0.515 e. The number of aliphatic hydroxyl groups is 1. The van der Waals surface area contributed by atoms with Crippen LogP contribution in [0.1, 0.15) is 10.4 Å². The smallest absolute Gasteiger partial charge is 0.190 e. The Balaban J connectivity index is 3.03. The number of hydrogen-bond donors (Lipinski definition) is 1. The Morgan fingerprint density at radius 1 is 1.42 bits per heavy atom. The fourth-order valence-electron chi connectivity index (χ4n) is 0.819. The lowest BCUT2D eigenvalue weighted by Crippen LogP contribution is -1.94. The molecular formula is C9H7ClO2. The molecule has 0 aromatic heterocycles. The van der Waals surface area contributed by atoms with Crippen LogP contribution < -0.4 is 0 Å². The second-order valence-corrected chi connectivity index (χ2v) is 2.57. The summed E-state index contributed by atoms with van der Waals surface area (Å²) >= 11 is 5.72. The molecule has 0 aliphatic rings.